The van der Waals surface area contributed by atoms with E-state index in [0.29, 0.717) is 6.54 Å². The fourth-order valence-corrected chi connectivity index (χ4v) is 2.71. The van der Waals surface area contributed by atoms with Gasteiger partial charge in [-0.1, -0.05) is 13.8 Å². The first-order valence-corrected chi connectivity index (χ1v) is 8.19. The lowest BCUT2D eigenvalue weighted by Crippen LogP contribution is -2.42. The Labute approximate surface area is 138 Å². The number of carbonyl (C=O) groups excluding carboxylic acids is 1. The van der Waals surface area contributed by atoms with E-state index in [9.17, 15) is 4.79 Å². The van der Waals surface area contributed by atoms with Crippen molar-refractivity contribution in [3.05, 3.63) is 34.0 Å². The summed E-state index contributed by atoms with van der Waals surface area (Å²) in [6.07, 6.45) is 1.77. The number of aromatic nitrogens is 1. The summed E-state index contributed by atoms with van der Waals surface area (Å²) in [7, 11) is 0. The Hall–Kier alpha value is -1.37. The standard InChI is InChI=1S/C16H20IN3O/c1-4-18-16(21)15(10(2)3)20-13-7-8-19-14-9-11(17)5-6-12(13)14/h5-10,15H,4H2,1-3H3,(H,18,21)(H,19,20)/t15-/m0/s1. The summed E-state index contributed by atoms with van der Waals surface area (Å²) in [5.74, 6) is 0.228. The van der Waals surface area contributed by atoms with E-state index < -0.39 is 0 Å². The topological polar surface area (TPSA) is 54.0 Å². The fourth-order valence-electron chi connectivity index (χ4n) is 2.23. The monoisotopic (exact) mass is 397 g/mol. The maximum Gasteiger partial charge on any atom is 0.242 e. The van der Waals surface area contributed by atoms with Crippen LogP contribution in [0.5, 0.6) is 0 Å². The zero-order chi connectivity index (χ0) is 15.4. The van der Waals surface area contributed by atoms with E-state index in [0.717, 1.165) is 20.2 Å². The van der Waals surface area contributed by atoms with Crippen LogP contribution in [0, 0.1) is 9.49 Å². The summed E-state index contributed by atoms with van der Waals surface area (Å²) in [6, 6.07) is 7.80. The molecule has 21 heavy (non-hydrogen) atoms. The predicted molar refractivity (Wildman–Crippen MR) is 95.4 cm³/mol. The van der Waals surface area contributed by atoms with Gasteiger partial charge in [-0.05, 0) is 59.7 Å². The van der Waals surface area contributed by atoms with Crippen LogP contribution in [-0.4, -0.2) is 23.5 Å². The van der Waals surface area contributed by atoms with Crippen molar-refractivity contribution < 1.29 is 4.79 Å². The van der Waals surface area contributed by atoms with Gasteiger partial charge in [-0.25, -0.2) is 0 Å². The summed E-state index contributed by atoms with van der Waals surface area (Å²) in [4.78, 5) is 16.6. The van der Waals surface area contributed by atoms with Crippen molar-refractivity contribution in [3.8, 4) is 0 Å². The van der Waals surface area contributed by atoms with Crippen LogP contribution in [-0.2, 0) is 4.79 Å². The lowest BCUT2D eigenvalue weighted by molar-refractivity contribution is -0.122. The van der Waals surface area contributed by atoms with E-state index in [1.165, 1.54) is 0 Å². The average molecular weight is 397 g/mol. The Bertz CT molecular complexity index is 642. The van der Waals surface area contributed by atoms with E-state index >= 15 is 0 Å². The molecular weight excluding hydrogens is 377 g/mol. The zero-order valence-electron chi connectivity index (χ0n) is 12.5. The molecule has 0 bridgehead atoms. The number of benzene rings is 1. The maximum absolute atomic E-state index is 12.2. The van der Waals surface area contributed by atoms with Gasteiger partial charge in [0.2, 0.25) is 5.91 Å². The van der Waals surface area contributed by atoms with Crippen molar-refractivity contribution in [2.24, 2.45) is 5.92 Å². The van der Waals surface area contributed by atoms with E-state index in [2.05, 4.69) is 38.2 Å². The van der Waals surface area contributed by atoms with Gasteiger partial charge < -0.3 is 10.6 Å². The van der Waals surface area contributed by atoms with Gasteiger partial charge in [0.25, 0.3) is 0 Å². The van der Waals surface area contributed by atoms with Crippen LogP contribution in [0.15, 0.2) is 30.5 Å². The molecule has 0 spiro atoms. The van der Waals surface area contributed by atoms with Crippen LogP contribution in [0.2, 0.25) is 0 Å². The number of nitrogens with one attached hydrogen (secondary N) is 2. The van der Waals surface area contributed by atoms with E-state index in [-0.39, 0.29) is 17.9 Å². The Balaban J connectivity index is 2.35. The molecule has 0 aliphatic carbocycles. The number of halogens is 1. The molecule has 1 aromatic heterocycles. The number of amides is 1. The van der Waals surface area contributed by atoms with Gasteiger partial charge in [0, 0.05) is 27.4 Å². The van der Waals surface area contributed by atoms with Gasteiger partial charge in [0.15, 0.2) is 0 Å². The number of nitrogens with zero attached hydrogens (tertiary/aromatic N) is 1. The van der Waals surface area contributed by atoms with E-state index in [1.807, 2.05) is 45.0 Å². The number of hydrogen-bond donors (Lipinski definition) is 2. The van der Waals surface area contributed by atoms with Crippen molar-refractivity contribution in [1.29, 1.82) is 0 Å². The second kappa shape index (κ2) is 7.06. The largest absolute Gasteiger partial charge is 0.373 e. The average Bonchev–Trinajstić information content (AvgIpc) is 2.44. The molecule has 0 fully saturated rings. The summed E-state index contributed by atoms with van der Waals surface area (Å²) >= 11 is 2.27. The molecule has 1 aromatic carbocycles. The summed E-state index contributed by atoms with van der Waals surface area (Å²) < 4.78 is 1.15. The maximum atomic E-state index is 12.2. The van der Waals surface area contributed by atoms with Crippen LogP contribution in [0.3, 0.4) is 0 Å². The quantitative estimate of drug-likeness (QED) is 0.761. The summed E-state index contributed by atoms with van der Waals surface area (Å²) in [5.41, 5.74) is 1.88. The van der Waals surface area contributed by atoms with Gasteiger partial charge in [-0.15, -0.1) is 0 Å². The number of anilines is 1. The van der Waals surface area contributed by atoms with E-state index in [1.54, 1.807) is 6.20 Å². The molecule has 0 unspecified atom stereocenters. The number of pyridine rings is 1. The van der Waals surface area contributed by atoms with Crippen LogP contribution in [0.4, 0.5) is 5.69 Å². The second-order valence-corrected chi connectivity index (χ2v) is 6.53. The third-order valence-corrected chi connectivity index (χ3v) is 3.99. The predicted octanol–water partition coefficient (Wildman–Crippen LogP) is 3.41. The molecule has 2 rings (SSSR count). The SMILES string of the molecule is CCNC(=O)[C@@H](Nc1ccnc2cc(I)ccc12)C(C)C. The smallest absolute Gasteiger partial charge is 0.242 e. The minimum atomic E-state index is -0.255. The van der Waals surface area contributed by atoms with Crippen LogP contribution >= 0.6 is 22.6 Å². The van der Waals surface area contributed by atoms with Crippen LogP contribution < -0.4 is 10.6 Å². The normalized spacial score (nSPS) is 12.4. The Morgan fingerprint density at radius 3 is 2.76 bits per heavy atom. The molecule has 4 nitrogen and oxygen atoms in total. The molecule has 0 aliphatic rings. The molecule has 1 atom stereocenters. The van der Waals surface area contributed by atoms with Gasteiger partial charge in [-0.3, -0.25) is 9.78 Å². The highest BCUT2D eigenvalue weighted by atomic mass is 127. The number of hydrogen-bond acceptors (Lipinski definition) is 3. The second-order valence-electron chi connectivity index (χ2n) is 5.28. The van der Waals surface area contributed by atoms with Gasteiger partial charge in [0.05, 0.1) is 5.52 Å². The molecule has 1 amide bonds. The lowest BCUT2D eigenvalue weighted by atomic mass is 10.0. The van der Waals surface area contributed by atoms with E-state index in [4.69, 9.17) is 0 Å². The molecule has 1 heterocycles. The molecule has 0 aliphatic heterocycles. The fraction of sp³-hybridized carbons (Fsp3) is 0.375. The Morgan fingerprint density at radius 2 is 2.10 bits per heavy atom. The van der Waals surface area contributed by atoms with Crippen molar-refractivity contribution in [1.82, 2.24) is 10.3 Å². The van der Waals surface area contributed by atoms with Gasteiger partial charge in [0.1, 0.15) is 6.04 Å². The van der Waals surface area contributed by atoms with Gasteiger partial charge >= 0.3 is 0 Å². The number of rotatable bonds is 5. The highest BCUT2D eigenvalue weighted by Gasteiger charge is 2.22. The van der Waals surface area contributed by atoms with Crippen molar-refractivity contribution in [2.75, 3.05) is 11.9 Å². The third-order valence-electron chi connectivity index (χ3n) is 3.32. The van der Waals surface area contributed by atoms with Crippen LogP contribution in [0.25, 0.3) is 10.9 Å². The first-order valence-electron chi connectivity index (χ1n) is 7.11. The highest BCUT2D eigenvalue weighted by molar-refractivity contribution is 14.1. The van der Waals surface area contributed by atoms with Crippen molar-refractivity contribution >= 4 is 45.1 Å². The minimum Gasteiger partial charge on any atom is -0.373 e. The first kappa shape index (κ1) is 16.0. The third kappa shape index (κ3) is 3.84. The number of fused-ring (bicyclic) bond motifs is 1. The zero-order valence-corrected chi connectivity index (χ0v) is 14.6. The number of likely N-dealkylation sites (N-methyl/N-ethyl adjacent to an activating group) is 1. The molecule has 2 aromatic rings. The molecule has 2 N–H and O–H groups in total. The molecule has 0 saturated carbocycles. The summed E-state index contributed by atoms with van der Waals surface area (Å²) in [6.45, 7) is 6.65. The number of carbonyl (C=O) groups is 1. The Kier molecular flexibility index (Phi) is 5.39. The molecule has 112 valence electrons. The van der Waals surface area contributed by atoms with Crippen molar-refractivity contribution in [3.63, 3.8) is 0 Å². The highest BCUT2D eigenvalue weighted by Crippen LogP contribution is 2.24. The minimum absolute atomic E-state index is 0.0305. The van der Waals surface area contributed by atoms with Crippen molar-refractivity contribution in [2.45, 2.75) is 26.8 Å². The molecule has 0 radical (unpaired) electrons. The molecule has 0 saturated heterocycles. The summed E-state index contributed by atoms with van der Waals surface area (Å²) in [5, 5.41) is 7.29. The lowest BCUT2D eigenvalue weighted by Gasteiger charge is -2.23. The Morgan fingerprint density at radius 1 is 1.33 bits per heavy atom. The first-order chi connectivity index (χ1) is 10.0. The van der Waals surface area contributed by atoms with Gasteiger partial charge in [-0.2, -0.15) is 0 Å². The van der Waals surface area contributed by atoms with Crippen LogP contribution in [0.1, 0.15) is 20.8 Å². The molecular formula is C16H20IN3O. The molecule has 5 heteroatoms.